The topological polar surface area (TPSA) is 15.3 Å². The van der Waals surface area contributed by atoms with Gasteiger partial charge in [-0.3, -0.25) is 0 Å². The number of hydrogen-bond acceptors (Lipinski definition) is 2. The molecule has 1 aliphatic rings. The largest absolute Gasteiger partial charge is 0.364 e. The van der Waals surface area contributed by atoms with Gasteiger partial charge in [0, 0.05) is 24.7 Å². The Bertz CT molecular complexity index is 460. The van der Waals surface area contributed by atoms with Crippen molar-refractivity contribution in [3.8, 4) is 0 Å². The molecule has 0 aliphatic carbocycles. The van der Waals surface area contributed by atoms with E-state index in [0.717, 1.165) is 38.0 Å². The molecule has 1 N–H and O–H groups in total. The van der Waals surface area contributed by atoms with E-state index < -0.39 is 0 Å². The molecule has 2 nitrogen and oxygen atoms in total. The van der Waals surface area contributed by atoms with Gasteiger partial charge in [-0.15, -0.1) is 0 Å². The number of nitrogens with one attached hydrogen (secondary N) is 1. The molecule has 1 atom stereocenters. The Balaban J connectivity index is 2.36. The van der Waals surface area contributed by atoms with Crippen LogP contribution < -0.4 is 10.2 Å². The van der Waals surface area contributed by atoms with Gasteiger partial charge in [0.25, 0.3) is 0 Å². The Labute approximate surface area is 126 Å². The molecule has 0 aromatic heterocycles. The molecule has 112 valence electrons. The van der Waals surface area contributed by atoms with E-state index in [0.29, 0.717) is 11.1 Å². The number of anilines is 1. The standard InChI is InChI=1S/C16H24ClFN2/c1-4-13-10-19-16(5-2,6-3)11-20(13)15-9-12(18)7-8-14(15)17/h7-9,13,19H,4-6,10-11H2,1-3H3. The Morgan fingerprint density at radius 2 is 2.05 bits per heavy atom. The summed E-state index contributed by atoms with van der Waals surface area (Å²) in [6, 6.07) is 5.00. The molecular formula is C16H24ClFN2. The highest BCUT2D eigenvalue weighted by molar-refractivity contribution is 6.33. The zero-order valence-electron chi connectivity index (χ0n) is 12.5. The SMILES string of the molecule is CCC1CNC(CC)(CC)CN1c1cc(F)ccc1Cl. The summed E-state index contributed by atoms with van der Waals surface area (Å²) in [5.74, 6) is -0.226. The maximum Gasteiger partial charge on any atom is 0.125 e. The summed E-state index contributed by atoms with van der Waals surface area (Å²) < 4.78 is 13.6. The number of halogens is 2. The van der Waals surface area contributed by atoms with Crippen LogP contribution in [0, 0.1) is 5.82 Å². The van der Waals surface area contributed by atoms with Crippen molar-refractivity contribution in [1.29, 1.82) is 0 Å². The molecule has 1 aromatic carbocycles. The molecule has 1 unspecified atom stereocenters. The smallest absolute Gasteiger partial charge is 0.125 e. The fourth-order valence-electron chi connectivity index (χ4n) is 3.03. The third-order valence-electron chi connectivity index (χ3n) is 4.67. The van der Waals surface area contributed by atoms with Crippen LogP contribution in [-0.4, -0.2) is 24.7 Å². The van der Waals surface area contributed by atoms with Crippen LogP contribution in [0.3, 0.4) is 0 Å². The number of rotatable bonds is 4. The summed E-state index contributed by atoms with van der Waals surface area (Å²) in [4.78, 5) is 2.29. The van der Waals surface area contributed by atoms with Crippen molar-refractivity contribution in [2.24, 2.45) is 0 Å². The maximum atomic E-state index is 13.6. The minimum Gasteiger partial charge on any atom is -0.364 e. The molecular weight excluding hydrogens is 275 g/mol. The minimum atomic E-state index is -0.226. The third kappa shape index (κ3) is 2.94. The molecule has 4 heteroatoms. The van der Waals surface area contributed by atoms with E-state index in [2.05, 4.69) is 31.0 Å². The molecule has 20 heavy (non-hydrogen) atoms. The monoisotopic (exact) mass is 298 g/mol. The van der Waals surface area contributed by atoms with Crippen molar-refractivity contribution >= 4 is 17.3 Å². The zero-order valence-corrected chi connectivity index (χ0v) is 13.3. The second kappa shape index (κ2) is 6.31. The van der Waals surface area contributed by atoms with E-state index in [4.69, 9.17) is 11.6 Å². The van der Waals surface area contributed by atoms with E-state index in [1.54, 1.807) is 12.1 Å². The fraction of sp³-hybridized carbons (Fsp3) is 0.625. The number of nitrogens with zero attached hydrogens (tertiary/aromatic N) is 1. The van der Waals surface area contributed by atoms with E-state index in [1.165, 1.54) is 6.07 Å². The van der Waals surface area contributed by atoms with Crippen LogP contribution in [-0.2, 0) is 0 Å². The van der Waals surface area contributed by atoms with Gasteiger partial charge in [0.1, 0.15) is 5.82 Å². The van der Waals surface area contributed by atoms with E-state index in [9.17, 15) is 4.39 Å². The highest BCUT2D eigenvalue weighted by Gasteiger charge is 2.36. The first kappa shape index (κ1) is 15.6. The van der Waals surface area contributed by atoms with Gasteiger partial charge in [-0.1, -0.05) is 32.4 Å². The first-order chi connectivity index (χ1) is 9.55. The van der Waals surface area contributed by atoms with Crippen LogP contribution in [0.5, 0.6) is 0 Å². The summed E-state index contributed by atoms with van der Waals surface area (Å²) in [5, 5.41) is 4.32. The van der Waals surface area contributed by atoms with Gasteiger partial charge in [-0.2, -0.15) is 0 Å². The van der Waals surface area contributed by atoms with Gasteiger partial charge < -0.3 is 10.2 Å². The van der Waals surface area contributed by atoms with Gasteiger partial charge in [-0.25, -0.2) is 4.39 Å². The number of piperazine rings is 1. The van der Waals surface area contributed by atoms with Crippen molar-refractivity contribution < 1.29 is 4.39 Å². The Hall–Kier alpha value is -0.800. The normalized spacial score (nSPS) is 22.1. The molecule has 0 spiro atoms. The van der Waals surface area contributed by atoms with Crippen LogP contribution in [0.2, 0.25) is 5.02 Å². The van der Waals surface area contributed by atoms with E-state index >= 15 is 0 Å². The molecule has 1 saturated heterocycles. The molecule has 0 radical (unpaired) electrons. The molecule has 2 rings (SSSR count). The summed E-state index contributed by atoms with van der Waals surface area (Å²) >= 11 is 6.30. The summed E-state index contributed by atoms with van der Waals surface area (Å²) in [6.45, 7) is 8.37. The summed E-state index contributed by atoms with van der Waals surface area (Å²) in [7, 11) is 0. The minimum absolute atomic E-state index is 0.0985. The predicted octanol–water partition coefficient (Wildman–Crippen LogP) is 4.23. The van der Waals surface area contributed by atoms with E-state index in [1.807, 2.05) is 0 Å². The maximum absolute atomic E-state index is 13.6. The lowest BCUT2D eigenvalue weighted by molar-refractivity contribution is 0.246. The quantitative estimate of drug-likeness (QED) is 0.895. The average molecular weight is 299 g/mol. The van der Waals surface area contributed by atoms with Gasteiger partial charge in [0.05, 0.1) is 10.7 Å². The molecule has 1 heterocycles. The lowest BCUT2D eigenvalue weighted by Crippen LogP contribution is -2.64. The third-order valence-corrected chi connectivity index (χ3v) is 4.99. The highest BCUT2D eigenvalue weighted by atomic mass is 35.5. The Morgan fingerprint density at radius 3 is 2.65 bits per heavy atom. The van der Waals surface area contributed by atoms with Crippen LogP contribution in [0.4, 0.5) is 10.1 Å². The molecule has 0 bridgehead atoms. The van der Waals surface area contributed by atoms with Gasteiger partial charge >= 0.3 is 0 Å². The van der Waals surface area contributed by atoms with Crippen molar-refractivity contribution in [1.82, 2.24) is 5.32 Å². The average Bonchev–Trinajstić information content (AvgIpc) is 2.49. The number of benzene rings is 1. The van der Waals surface area contributed by atoms with Gasteiger partial charge in [0.15, 0.2) is 0 Å². The van der Waals surface area contributed by atoms with Crippen molar-refractivity contribution in [2.45, 2.75) is 51.6 Å². The molecule has 1 fully saturated rings. The van der Waals surface area contributed by atoms with E-state index in [-0.39, 0.29) is 11.4 Å². The van der Waals surface area contributed by atoms with Crippen molar-refractivity contribution in [3.63, 3.8) is 0 Å². The van der Waals surface area contributed by atoms with Gasteiger partial charge in [0.2, 0.25) is 0 Å². The first-order valence-electron chi connectivity index (χ1n) is 7.52. The lowest BCUT2D eigenvalue weighted by Gasteiger charge is -2.48. The second-order valence-corrected chi connectivity index (χ2v) is 6.06. The lowest BCUT2D eigenvalue weighted by atomic mass is 9.87. The van der Waals surface area contributed by atoms with Crippen molar-refractivity contribution in [3.05, 3.63) is 29.0 Å². The van der Waals surface area contributed by atoms with Crippen LogP contribution >= 0.6 is 11.6 Å². The van der Waals surface area contributed by atoms with Crippen molar-refractivity contribution in [2.75, 3.05) is 18.0 Å². The van der Waals surface area contributed by atoms with Crippen LogP contribution in [0.25, 0.3) is 0 Å². The Morgan fingerprint density at radius 1 is 1.35 bits per heavy atom. The predicted molar refractivity (Wildman–Crippen MR) is 84.2 cm³/mol. The van der Waals surface area contributed by atoms with Crippen LogP contribution in [0.1, 0.15) is 40.0 Å². The summed E-state index contributed by atoms with van der Waals surface area (Å²) in [5.41, 5.74) is 0.924. The zero-order chi connectivity index (χ0) is 14.8. The first-order valence-corrected chi connectivity index (χ1v) is 7.89. The second-order valence-electron chi connectivity index (χ2n) is 5.65. The Kier molecular flexibility index (Phi) is 4.92. The number of hydrogen-bond donors (Lipinski definition) is 1. The highest BCUT2D eigenvalue weighted by Crippen LogP contribution is 2.33. The van der Waals surface area contributed by atoms with Crippen LogP contribution in [0.15, 0.2) is 18.2 Å². The van der Waals surface area contributed by atoms with Gasteiger partial charge in [-0.05, 0) is 37.5 Å². The molecule has 1 aromatic rings. The summed E-state index contributed by atoms with van der Waals surface area (Å²) in [6.07, 6.45) is 3.14. The molecule has 0 amide bonds. The molecule has 1 aliphatic heterocycles. The molecule has 0 saturated carbocycles. The fourth-order valence-corrected chi connectivity index (χ4v) is 3.26.